The van der Waals surface area contributed by atoms with E-state index < -0.39 is 9.57 Å². The topological polar surface area (TPSA) is 61.7 Å². The minimum Gasteiger partial charge on any atom is -0.508 e. The summed E-state index contributed by atoms with van der Waals surface area (Å²) in [6.45, 7) is 0. The molecule has 0 amide bonds. The van der Waals surface area contributed by atoms with Crippen LogP contribution in [0.1, 0.15) is 5.56 Å². The van der Waals surface area contributed by atoms with E-state index in [1.165, 1.54) is 6.21 Å². The van der Waals surface area contributed by atoms with Crippen molar-refractivity contribution >= 4 is 15.8 Å². The summed E-state index contributed by atoms with van der Waals surface area (Å²) in [4.78, 5) is 0. The van der Waals surface area contributed by atoms with Crippen LogP contribution < -0.4 is 5.09 Å². The lowest BCUT2D eigenvalue weighted by molar-refractivity contribution is 0.475. The van der Waals surface area contributed by atoms with Crippen molar-refractivity contribution in [2.75, 3.05) is 0 Å². The fraction of sp³-hybridized carbons (Fsp3) is 0. The molecule has 1 aromatic carbocycles. The summed E-state index contributed by atoms with van der Waals surface area (Å²) in [5, 5.41) is 15.0. The van der Waals surface area contributed by atoms with Crippen LogP contribution in [0.25, 0.3) is 0 Å². The van der Waals surface area contributed by atoms with E-state index in [1.54, 1.807) is 24.3 Å². The van der Waals surface area contributed by atoms with Gasteiger partial charge in [0.25, 0.3) is 0 Å². The van der Waals surface area contributed by atoms with E-state index in [-0.39, 0.29) is 5.75 Å². The Balaban J connectivity index is 2.69. The highest BCUT2D eigenvalue weighted by atomic mass is 28.2. The maximum absolute atomic E-state index is 10.00. The van der Waals surface area contributed by atoms with Crippen LogP contribution in [0.3, 0.4) is 0 Å². The Bertz CT molecular complexity index is 301. The van der Waals surface area contributed by atoms with Crippen LogP contribution >= 0.6 is 0 Å². The van der Waals surface area contributed by atoms with Crippen LogP contribution in [0.5, 0.6) is 5.75 Å². The monoisotopic (exact) mass is 180 g/mol. The summed E-state index contributed by atoms with van der Waals surface area (Å²) in [5.74, 6) is 0.188. The average molecular weight is 180 g/mol. The van der Waals surface area contributed by atoms with Crippen molar-refractivity contribution in [3.05, 3.63) is 29.8 Å². The van der Waals surface area contributed by atoms with E-state index in [9.17, 15) is 4.46 Å². The Kier molecular flexibility index (Phi) is 3.15. The number of hydrogen-bond donors (Lipinski definition) is 2. The molecule has 0 aliphatic carbocycles. The van der Waals surface area contributed by atoms with E-state index in [1.807, 2.05) is 0 Å². The lowest BCUT2D eigenvalue weighted by Gasteiger charge is -1.92. The van der Waals surface area contributed by atoms with Crippen molar-refractivity contribution in [1.29, 1.82) is 0 Å². The number of phenolic OH excluding ortho intramolecular Hbond substituents is 1. The van der Waals surface area contributed by atoms with Crippen LogP contribution in [0.2, 0.25) is 0 Å². The number of nitrogens with zero attached hydrogens (tertiary/aromatic N) is 1. The lowest BCUT2D eigenvalue weighted by atomic mass is 10.2. The molecule has 0 bridgehead atoms. The molecule has 62 valence electrons. The molecule has 1 rings (SSSR count). The van der Waals surface area contributed by atoms with E-state index >= 15 is 0 Å². The number of benzene rings is 1. The van der Waals surface area contributed by atoms with Crippen LogP contribution in [-0.4, -0.2) is 20.9 Å². The molecule has 0 saturated carbocycles. The van der Waals surface area contributed by atoms with Gasteiger partial charge in [0.2, 0.25) is 0 Å². The largest absolute Gasteiger partial charge is 0.508 e. The van der Waals surface area contributed by atoms with E-state index in [4.69, 9.17) is 5.11 Å². The zero-order valence-corrected chi connectivity index (χ0v) is 7.42. The van der Waals surface area contributed by atoms with Gasteiger partial charge in [0.15, 0.2) is 0 Å². The molecule has 0 aliphatic heterocycles. The summed E-state index contributed by atoms with van der Waals surface area (Å²) < 4.78 is 10.00. The van der Waals surface area contributed by atoms with Crippen molar-refractivity contribution in [3.8, 4) is 5.75 Å². The number of hydrogen-bond acceptors (Lipinski definition) is 3. The van der Waals surface area contributed by atoms with Gasteiger partial charge in [-0.3, -0.25) is 5.09 Å². The summed E-state index contributed by atoms with van der Waals surface area (Å²) in [5.41, 5.74) is 0.760. The highest BCUT2D eigenvalue weighted by Crippen LogP contribution is 2.08. The first kappa shape index (κ1) is 8.60. The lowest BCUT2D eigenvalue weighted by Crippen LogP contribution is -2.02. The minimum absolute atomic E-state index is 0.188. The van der Waals surface area contributed by atoms with Gasteiger partial charge < -0.3 is 9.57 Å². The zero-order valence-electron chi connectivity index (χ0n) is 6.27. The summed E-state index contributed by atoms with van der Waals surface area (Å²) >= 11 is 0. The normalized spacial score (nSPS) is 10.0. The molecular formula is C7H8N2O2Si. The van der Waals surface area contributed by atoms with Gasteiger partial charge in [0.1, 0.15) is 5.75 Å². The van der Waals surface area contributed by atoms with Crippen molar-refractivity contribution < 1.29 is 9.57 Å². The molecule has 0 heterocycles. The second-order valence-corrected chi connectivity index (χ2v) is 2.59. The molecule has 2 N–H and O–H groups in total. The molecule has 0 fully saturated rings. The predicted octanol–water partition coefficient (Wildman–Crippen LogP) is 0.0127. The number of phenols is 1. The van der Waals surface area contributed by atoms with Crippen LogP contribution in [0.4, 0.5) is 0 Å². The Morgan fingerprint density at radius 2 is 2.42 bits per heavy atom. The molecule has 0 spiro atoms. The summed E-state index contributed by atoms with van der Waals surface area (Å²) in [6, 6.07) is 6.63. The molecule has 1 aromatic rings. The first-order valence-corrected chi connectivity index (χ1v) is 4.39. The van der Waals surface area contributed by atoms with Gasteiger partial charge >= 0.3 is 9.57 Å². The summed E-state index contributed by atoms with van der Waals surface area (Å²) in [7, 11) is -1.06. The highest BCUT2D eigenvalue weighted by Gasteiger charge is 1.88. The quantitative estimate of drug-likeness (QED) is 0.391. The third kappa shape index (κ3) is 2.63. The van der Waals surface area contributed by atoms with Crippen molar-refractivity contribution in [2.45, 2.75) is 0 Å². The minimum atomic E-state index is -1.06. The zero-order chi connectivity index (χ0) is 8.81. The third-order valence-electron chi connectivity index (χ3n) is 1.21. The van der Waals surface area contributed by atoms with Gasteiger partial charge in [-0.15, -0.1) is 0 Å². The van der Waals surface area contributed by atoms with Crippen molar-refractivity contribution in [1.82, 2.24) is 5.09 Å². The van der Waals surface area contributed by atoms with Gasteiger partial charge in [-0.25, -0.2) is 0 Å². The molecular weight excluding hydrogens is 172 g/mol. The molecule has 0 saturated heterocycles. The van der Waals surface area contributed by atoms with Crippen LogP contribution in [0.15, 0.2) is 29.4 Å². The van der Waals surface area contributed by atoms with Crippen LogP contribution in [0, 0.1) is 0 Å². The van der Waals surface area contributed by atoms with Crippen LogP contribution in [-0.2, 0) is 4.46 Å². The Morgan fingerprint density at radius 1 is 1.58 bits per heavy atom. The fourth-order valence-corrected chi connectivity index (χ4v) is 0.883. The smallest absolute Gasteiger partial charge is 0.397 e. The van der Waals surface area contributed by atoms with Gasteiger partial charge in [0.05, 0.1) is 6.21 Å². The van der Waals surface area contributed by atoms with E-state index in [0.717, 1.165) is 5.56 Å². The highest BCUT2D eigenvalue weighted by molar-refractivity contribution is 6.12. The van der Waals surface area contributed by atoms with Gasteiger partial charge in [-0.1, -0.05) is 12.1 Å². The summed E-state index contributed by atoms with van der Waals surface area (Å²) in [6.07, 6.45) is 1.49. The molecule has 0 radical (unpaired) electrons. The standard InChI is InChI=1S/C7H8N2O2Si/c10-7-3-1-2-6(4-7)5-8-9-12-11/h1-5,9-10,12H. The average Bonchev–Trinajstić information content (AvgIpc) is 2.05. The first-order valence-electron chi connectivity index (χ1n) is 3.34. The van der Waals surface area contributed by atoms with E-state index in [0.29, 0.717) is 0 Å². The maximum atomic E-state index is 10.00. The van der Waals surface area contributed by atoms with Crippen molar-refractivity contribution in [2.24, 2.45) is 5.10 Å². The molecule has 0 aliphatic rings. The SMILES string of the molecule is O=[SiH]NN=Cc1cccc(O)c1. The molecule has 12 heavy (non-hydrogen) atoms. The predicted molar refractivity (Wildman–Crippen MR) is 46.7 cm³/mol. The van der Waals surface area contributed by atoms with Gasteiger partial charge in [-0.2, -0.15) is 5.10 Å². The molecule has 0 aromatic heterocycles. The number of nitrogens with one attached hydrogen (secondary N) is 1. The Morgan fingerprint density at radius 3 is 3.08 bits per heavy atom. The van der Waals surface area contributed by atoms with Crippen molar-refractivity contribution in [3.63, 3.8) is 0 Å². The number of aromatic hydroxyl groups is 1. The number of rotatable bonds is 3. The second kappa shape index (κ2) is 4.40. The second-order valence-electron chi connectivity index (χ2n) is 2.10. The maximum Gasteiger partial charge on any atom is 0.397 e. The van der Waals surface area contributed by atoms with E-state index in [2.05, 4.69) is 10.2 Å². The number of hydrazone groups is 1. The molecule has 5 heteroatoms. The third-order valence-corrected chi connectivity index (χ3v) is 1.47. The molecule has 0 atom stereocenters. The molecule has 0 unspecified atom stereocenters. The Labute approximate surface area is 71.9 Å². The molecule has 4 nitrogen and oxygen atoms in total. The van der Waals surface area contributed by atoms with Gasteiger partial charge in [-0.05, 0) is 17.7 Å². The fourth-order valence-electron chi connectivity index (χ4n) is 0.747. The van der Waals surface area contributed by atoms with Gasteiger partial charge in [0, 0.05) is 0 Å². The Hall–Kier alpha value is -1.49. The first-order chi connectivity index (χ1) is 5.83.